The van der Waals surface area contributed by atoms with E-state index in [4.69, 9.17) is 0 Å². The van der Waals surface area contributed by atoms with E-state index in [0.717, 1.165) is 37.2 Å². The van der Waals surface area contributed by atoms with Crippen LogP contribution in [0.15, 0.2) is 47.5 Å². The number of hydrogen-bond donors (Lipinski definition) is 2. The molecule has 4 nitrogen and oxygen atoms in total. The molecule has 0 aromatic heterocycles. The topological polar surface area (TPSA) is 53.5 Å². The number of hydrogen-bond acceptors (Lipinski definition) is 3. The van der Waals surface area contributed by atoms with Gasteiger partial charge in [0, 0.05) is 19.0 Å². The molecule has 0 bridgehead atoms. The first kappa shape index (κ1) is 17.7. The van der Waals surface area contributed by atoms with E-state index in [9.17, 15) is 18.0 Å². The van der Waals surface area contributed by atoms with Crippen molar-refractivity contribution in [3.8, 4) is 0 Å². The Morgan fingerprint density at radius 2 is 2.00 bits per heavy atom. The Labute approximate surface area is 154 Å². The largest absolute Gasteiger partial charge is 0.416 e. The van der Waals surface area contributed by atoms with Crippen molar-refractivity contribution >= 4 is 17.3 Å². The molecular formula is C20H18F3N3O. The fourth-order valence-corrected chi connectivity index (χ4v) is 3.49. The van der Waals surface area contributed by atoms with Crippen LogP contribution in [0.4, 0.5) is 18.9 Å². The number of benzene rings is 2. The zero-order valence-electron chi connectivity index (χ0n) is 14.4. The molecule has 0 aliphatic carbocycles. The van der Waals surface area contributed by atoms with E-state index in [1.54, 1.807) is 18.2 Å². The van der Waals surface area contributed by atoms with E-state index in [1.807, 2.05) is 6.07 Å². The maximum Gasteiger partial charge on any atom is 0.416 e. The highest BCUT2D eigenvalue weighted by atomic mass is 19.4. The fourth-order valence-electron chi connectivity index (χ4n) is 3.49. The molecule has 0 saturated carbocycles. The standard InChI is InChI=1S/C20H18F3N3O/c21-20(22,23)14-5-1-3-12(9-14)17-10-13-4-2-6-16(18(13)26-17)19(27)25-15-7-8-24-11-15/h1-6,9,15,24H,7-8,10-11H2,(H,25,27)/t15-/m0/s1. The number of halogens is 3. The molecule has 1 atom stereocenters. The van der Waals surface area contributed by atoms with Crippen LogP contribution in [0, 0.1) is 0 Å². The maximum absolute atomic E-state index is 13.0. The van der Waals surface area contributed by atoms with Crippen LogP contribution in [-0.2, 0) is 12.6 Å². The summed E-state index contributed by atoms with van der Waals surface area (Å²) in [5.41, 5.74) is 2.12. The maximum atomic E-state index is 13.0. The number of para-hydroxylation sites is 1. The Kier molecular flexibility index (Phi) is 4.47. The lowest BCUT2D eigenvalue weighted by molar-refractivity contribution is -0.137. The monoisotopic (exact) mass is 373 g/mol. The van der Waals surface area contributed by atoms with Crippen LogP contribution in [0.25, 0.3) is 0 Å². The zero-order chi connectivity index (χ0) is 19.0. The van der Waals surface area contributed by atoms with Gasteiger partial charge in [-0.3, -0.25) is 9.79 Å². The Morgan fingerprint density at radius 1 is 1.19 bits per heavy atom. The van der Waals surface area contributed by atoms with Gasteiger partial charge in [0.2, 0.25) is 0 Å². The van der Waals surface area contributed by atoms with Crippen molar-refractivity contribution in [2.75, 3.05) is 13.1 Å². The number of nitrogens with zero attached hydrogens (tertiary/aromatic N) is 1. The number of carbonyl (C=O) groups is 1. The molecule has 2 aromatic carbocycles. The lowest BCUT2D eigenvalue weighted by Gasteiger charge is -2.12. The number of fused-ring (bicyclic) bond motifs is 1. The highest BCUT2D eigenvalue weighted by molar-refractivity contribution is 6.10. The molecule has 1 saturated heterocycles. The summed E-state index contributed by atoms with van der Waals surface area (Å²) >= 11 is 0. The lowest BCUT2D eigenvalue weighted by Crippen LogP contribution is -2.36. The highest BCUT2D eigenvalue weighted by Crippen LogP contribution is 2.34. The number of carbonyl (C=O) groups excluding carboxylic acids is 1. The van der Waals surface area contributed by atoms with Crippen LogP contribution >= 0.6 is 0 Å². The first-order valence-electron chi connectivity index (χ1n) is 8.80. The summed E-state index contributed by atoms with van der Waals surface area (Å²) in [6.45, 7) is 1.61. The van der Waals surface area contributed by atoms with Gasteiger partial charge in [0.05, 0.1) is 22.5 Å². The summed E-state index contributed by atoms with van der Waals surface area (Å²) in [4.78, 5) is 17.1. The van der Waals surface area contributed by atoms with Crippen LogP contribution in [0.2, 0.25) is 0 Å². The molecule has 140 valence electrons. The van der Waals surface area contributed by atoms with Crippen molar-refractivity contribution in [3.63, 3.8) is 0 Å². The van der Waals surface area contributed by atoms with Gasteiger partial charge in [0.25, 0.3) is 5.91 Å². The molecule has 0 radical (unpaired) electrons. The second kappa shape index (κ2) is 6.81. The minimum atomic E-state index is -4.40. The van der Waals surface area contributed by atoms with Gasteiger partial charge >= 0.3 is 6.18 Å². The van der Waals surface area contributed by atoms with Crippen LogP contribution in [-0.4, -0.2) is 30.8 Å². The smallest absolute Gasteiger partial charge is 0.348 e. The summed E-state index contributed by atoms with van der Waals surface area (Å²) in [5, 5.41) is 6.18. The van der Waals surface area contributed by atoms with Crippen molar-refractivity contribution < 1.29 is 18.0 Å². The predicted octanol–water partition coefficient (Wildman–Crippen LogP) is 3.47. The van der Waals surface area contributed by atoms with Gasteiger partial charge in [-0.05, 0) is 42.3 Å². The molecule has 0 unspecified atom stereocenters. The van der Waals surface area contributed by atoms with Crippen LogP contribution in [0.5, 0.6) is 0 Å². The quantitative estimate of drug-likeness (QED) is 0.866. The average Bonchev–Trinajstić information content (AvgIpc) is 3.30. The zero-order valence-corrected chi connectivity index (χ0v) is 14.4. The lowest BCUT2D eigenvalue weighted by atomic mass is 10.0. The summed E-state index contributed by atoms with van der Waals surface area (Å²) in [6.07, 6.45) is -3.12. The van der Waals surface area contributed by atoms with Crippen molar-refractivity contribution in [3.05, 3.63) is 64.7 Å². The van der Waals surface area contributed by atoms with Gasteiger partial charge in [0.15, 0.2) is 0 Å². The van der Waals surface area contributed by atoms with E-state index in [2.05, 4.69) is 15.6 Å². The van der Waals surface area contributed by atoms with Gasteiger partial charge < -0.3 is 10.6 Å². The van der Waals surface area contributed by atoms with E-state index >= 15 is 0 Å². The Balaban J connectivity index is 1.63. The minimum Gasteiger partial charge on any atom is -0.348 e. The molecule has 27 heavy (non-hydrogen) atoms. The number of amides is 1. The fraction of sp³-hybridized carbons (Fsp3) is 0.300. The van der Waals surface area contributed by atoms with Crippen molar-refractivity contribution in [2.45, 2.75) is 25.1 Å². The highest BCUT2D eigenvalue weighted by Gasteiger charge is 2.31. The number of rotatable bonds is 3. The summed E-state index contributed by atoms with van der Waals surface area (Å²) in [6, 6.07) is 10.6. The van der Waals surface area contributed by atoms with E-state index in [0.29, 0.717) is 28.9 Å². The van der Waals surface area contributed by atoms with E-state index in [-0.39, 0.29) is 11.9 Å². The summed E-state index contributed by atoms with van der Waals surface area (Å²) < 4.78 is 39.0. The van der Waals surface area contributed by atoms with Crippen molar-refractivity contribution in [1.82, 2.24) is 10.6 Å². The van der Waals surface area contributed by atoms with Crippen molar-refractivity contribution in [1.29, 1.82) is 0 Å². The second-order valence-corrected chi connectivity index (χ2v) is 6.79. The minimum absolute atomic E-state index is 0.0849. The molecular weight excluding hydrogens is 355 g/mol. The molecule has 2 aromatic rings. The molecule has 4 rings (SSSR count). The van der Waals surface area contributed by atoms with Crippen LogP contribution in [0.3, 0.4) is 0 Å². The first-order chi connectivity index (χ1) is 12.9. The van der Waals surface area contributed by atoms with Gasteiger partial charge in [-0.2, -0.15) is 13.2 Å². The third-order valence-electron chi connectivity index (χ3n) is 4.89. The summed E-state index contributed by atoms with van der Waals surface area (Å²) in [5.74, 6) is -0.199. The predicted molar refractivity (Wildman–Crippen MR) is 96.5 cm³/mol. The molecule has 1 amide bonds. The number of alkyl halides is 3. The molecule has 2 heterocycles. The number of nitrogens with one attached hydrogen (secondary N) is 2. The third-order valence-corrected chi connectivity index (χ3v) is 4.89. The third kappa shape index (κ3) is 3.60. The Morgan fingerprint density at radius 3 is 2.74 bits per heavy atom. The molecule has 2 aliphatic rings. The first-order valence-corrected chi connectivity index (χ1v) is 8.80. The van der Waals surface area contributed by atoms with Gasteiger partial charge in [0.1, 0.15) is 0 Å². The van der Waals surface area contributed by atoms with Crippen molar-refractivity contribution in [2.24, 2.45) is 4.99 Å². The molecule has 1 fully saturated rings. The van der Waals surface area contributed by atoms with E-state index < -0.39 is 11.7 Å². The van der Waals surface area contributed by atoms with Gasteiger partial charge in [-0.25, -0.2) is 0 Å². The van der Waals surface area contributed by atoms with Gasteiger partial charge in [-0.1, -0.05) is 24.3 Å². The van der Waals surface area contributed by atoms with Crippen LogP contribution in [0.1, 0.15) is 33.5 Å². The summed E-state index contributed by atoms with van der Waals surface area (Å²) in [7, 11) is 0. The molecule has 2 N–H and O–H groups in total. The number of aliphatic imine (C=N–C) groups is 1. The van der Waals surface area contributed by atoms with Gasteiger partial charge in [-0.15, -0.1) is 0 Å². The van der Waals surface area contributed by atoms with Crippen LogP contribution < -0.4 is 10.6 Å². The molecule has 2 aliphatic heterocycles. The normalized spacial score (nSPS) is 18.9. The average molecular weight is 373 g/mol. The van der Waals surface area contributed by atoms with E-state index in [1.165, 1.54) is 6.07 Å². The molecule has 7 heteroatoms. The molecule has 0 spiro atoms. The second-order valence-electron chi connectivity index (χ2n) is 6.79. The Hall–Kier alpha value is -2.67. The Bertz CT molecular complexity index is 915. The SMILES string of the molecule is O=C(N[C@H]1CCNC1)c1cccc2c1N=C(c1cccc(C(F)(F)F)c1)C2.